The van der Waals surface area contributed by atoms with Crippen LogP contribution in [-0.4, -0.2) is 49.4 Å². The van der Waals surface area contributed by atoms with E-state index in [2.05, 4.69) is 20.8 Å². The molecule has 3 rings (SSSR count). The molecule has 1 aliphatic carbocycles. The molecule has 1 aromatic heterocycles. The highest BCUT2D eigenvalue weighted by atomic mass is 32.1. The van der Waals surface area contributed by atoms with Crippen molar-refractivity contribution in [2.75, 3.05) is 26.6 Å². The molecular formula is C20H26N4O5S. The van der Waals surface area contributed by atoms with Crippen LogP contribution in [0.25, 0.3) is 0 Å². The second kappa shape index (κ2) is 9.29. The molecule has 0 aliphatic heterocycles. The average Bonchev–Trinajstić information content (AvgIpc) is 3.49. The molecule has 1 aromatic carbocycles. The second-order valence-corrected chi connectivity index (χ2v) is 8.33. The monoisotopic (exact) mass is 434 g/mol. The van der Waals surface area contributed by atoms with E-state index in [1.54, 1.807) is 12.1 Å². The predicted molar refractivity (Wildman–Crippen MR) is 113 cm³/mol. The Labute approximate surface area is 179 Å². The first-order valence-electron chi connectivity index (χ1n) is 9.63. The number of carbonyl (C=O) groups excluding carboxylic acids is 2. The average molecular weight is 435 g/mol. The quantitative estimate of drug-likeness (QED) is 0.624. The van der Waals surface area contributed by atoms with Gasteiger partial charge in [-0.05, 0) is 30.9 Å². The van der Waals surface area contributed by atoms with Gasteiger partial charge in [-0.15, -0.1) is 10.2 Å². The van der Waals surface area contributed by atoms with Crippen LogP contribution in [0, 0.1) is 5.92 Å². The van der Waals surface area contributed by atoms with Crippen molar-refractivity contribution in [3.63, 3.8) is 0 Å². The van der Waals surface area contributed by atoms with Gasteiger partial charge in [0.25, 0.3) is 5.91 Å². The number of anilines is 1. The van der Waals surface area contributed by atoms with Crippen molar-refractivity contribution < 1.29 is 23.8 Å². The molecule has 1 saturated carbocycles. The van der Waals surface area contributed by atoms with Crippen molar-refractivity contribution in [2.24, 2.45) is 5.92 Å². The van der Waals surface area contributed by atoms with Gasteiger partial charge in [0, 0.05) is 11.5 Å². The number of nitrogens with one attached hydrogen (secondary N) is 2. The molecule has 1 fully saturated rings. The Kier molecular flexibility index (Phi) is 6.76. The highest BCUT2D eigenvalue weighted by Crippen LogP contribution is 2.42. The molecule has 1 heterocycles. The Hall–Kier alpha value is -2.88. The summed E-state index contributed by atoms with van der Waals surface area (Å²) in [5, 5.41) is 15.1. The lowest BCUT2D eigenvalue weighted by molar-refractivity contribution is -0.118. The molecule has 1 atom stereocenters. The zero-order valence-electron chi connectivity index (χ0n) is 17.6. The number of amides is 2. The van der Waals surface area contributed by atoms with Gasteiger partial charge in [-0.2, -0.15) is 0 Å². The van der Waals surface area contributed by atoms with E-state index in [4.69, 9.17) is 14.2 Å². The first-order chi connectivity index (χ1) is 14.4. The number of hydrogen-bond acceptors (Lipinski definition) is 8. The van der Waals surface area contributed by atoms with E-state index < -0.39 is 11.9 Å². The minimum atomic E-state index is -0.759. The van der Waals surface area contributed by atoms with E-state index >= 15 is 0 Å². The van der Waals surface area contributed by atoms with Crippen molar-refractivity contribution in [1.82, 2.24) is 15.5 Å². The van der Waals surface area contributed by atoms with Gasteiger partial charge in [0.15, 0.2) is 11.5 Å². The third-order valence-electron chi connectivity index (χ3n) is 4.76. The summed E-state index contributed by atoms with van der Waals surface area (Å²) in [5.74, 6) is 0.643. The van der Waals surface area contributed by atoms with Gasteiger partial charge in [0.05, 0.1) is 21.3 Å². The van der Waals surface area contributed by atoms with E-state index in [1.807, 2.05) is 13.8 Å². The summed E-state index contributed by atoms with van der Waals surface area (Å²) in [6.07, 6.45) is 2.23. The molecule has 2 aromatic rings. The number of methoxy groups -OCH3 is 3. The van der Waals surface area contributed by atoms with Crippen molar-refractivity contribution in [1.29, 1.82) is 0 Å². The number of rotatable bonds is 9. The zero-order valence-corrected chi connectivity index (χ0v) is 18.5. The molecule has 162 valence electrons. The van der Waals surface area contributed by atoms with Crippen LogP contribution in [0.2, 0.25) is 0 Å². The number of aromatic nitrogens is 2. The fourth-order valence-electron chi connectivity index (χ4n) is 2.94. The molecular weight excluding hydrogens is 408 g/mol. The van der Waals surface area contributed by atoms with Gasteiger partial charge in [-0.25, -0.2) is 0 Å². The van der Waals surface area contributed by atoms with Crippen LogP contribution >= 0.6 is 11.3 Å². The van der Waals surface area contributed by atoms with Crippen molar-refractivity contribution in [2.45, 2.75) is 38.6 Å². The molecule has 0 radical (unpaired) electrons. The molecule has 9 nitrogen and oxygen atoms in total. The van der Waals surface area contributed by atoms with Crippen LogP contribution in [0.4, 0.5) is 5.13 Å². The topological polar surface area (TPSA) is 112 Å². The van der Waals surface area contributed by atoms with Gasteiger partial charge in [0.1, 0.15) is 11.0 Å². The largest absolute Gasteiger partial charge is 0.493 e. The van der Waals surface area contributed by atoms with Crippen molar-refractivity contribution in [3.8, 4) is 17.2 Å². The third-order valence-corrected chi connectivity index (χ3v) is 5.76. The van der Waals surface area contributed by atoms with Crippen LogP contribution in [0.3, 0.4) is 0 Å². The molecule has 0 spiro atoms. The van der Waals surface area contributed by atoms with Gasteiger partial charge in [-0.3, -0.25) is 14.9 Å². The Bertz CT molecular complexity index is 901. The van der Waals surface area contributed by atoms with Crippen molar-refractivity contribution in [3.05, 3.63) is 22.7 Å². The lowest BCUT2D eigenvalue weighted by Crippen LogP contribution is -2.47. The number of ether oxygens (including phenoxy) is 3. The predicted octanol–water partition coefficient (Wildman–Crippen LogP) is 2.83. The summed E-state index contributed by atoms with van der Waals surface area (Å²) in [4.78, 5) is 25.7. The molecule has 0 bridgehead atoms. The maximum absolute atomic E-state index is 12.9. The van der Waals surface area contributed by atoms with Crippen LogP contribution in [0.5, 0.6) is 17.2 Å². The molecule has 30 heavy (non-hydrogen) atoms. The molecule has 1 aliphatic rings. The van der Waals surface area contributed by atoms with Crippen LogP contribution in [0.1, 0.15) is 48.0 Å². The molecule has 0 saturated heterocycles. The van der Waals surface area contributed by atoms with Crippen molar-refractivity contribution >= 4 is 28.3 Å². The standard InChI is InChI=1S/C20H26N4O5S/c1-10(2)15(18(26)22-20-24-23-19(30-20)11-6-7-11)21-17(25)12-8-13(27-3)16(29-5)14(9-12)28-4/h8-11,15H,6-7H2,1-5H3,(H,21,25)(H,22,24,26)/t15-/m0/s1. The fraction of sp³-hybridized carbons (Fsp3) is 0.500. The first-order valence-corrected chi connectivity index (χ1v) is 10.4. The van der Waals surface area contributed by atoms with Gasteiger partial charge in [0.2, 0.25) is 16.8 Å². The number of carbonyl (C=O) groups is 2. The second-order valence-electron chi connectivity index (χ2n) is 7.32. The number of hydrogen-bond donors (Lipinski definition) is 2. The maximum atomic E-state index is 12.9. The third kappa shape index (κ3) is 4.81. The summed E-state index contributed by atoms with van der Waals surface area (Å²) in [7, 11) is 4.43. The molecule has 2 N–H and O–H groups in total. The Morgan fingerprint density at radius 1 is 1.07 bits per heavy atom. The SMILES string of the molecule is COc1cc(C(=O)N[C@H](C(=O)Nc2nnc(C3CC3)s2)C(C)C)cc(OC)c1OC. The minimum Gasteiger partial charge on any atom is -0.493 e. The van der Waals surface area contributed by atoms with Crippen LogP contribution in [-0.2, 0) is 4.79 Å². The van der Waals surface area contributed by atoms with Gasteiger partial charge in [-0.1, -0.05) is 25.2 Å². The Morgan fingerprint density at radius 3 is 2.20 bits per heavy atom. The fourth-order valence-corrected chi connectivity index (χ4v) is 3.85. The Morgan fingerprint density at radius 2 is 1.70 bits per heavy atom. The van der Waals surface area contributed by atoms with E-state index in [-0.39, 0.29) is 17.4 Å². The first kappa shape index (κ1) is 21.8. The van der Waals surface area contributed by atoms with Crippen LogP contribution < -0.4 is 24.8 Å². The summed E-state index contributed by atoms with van der Waals surface area (Å²) in [6.45, 7) is 3.71. The summed E-state index contributed by atoms with van der Waals surface area (Å²) < 4.78 is 15.9. The summed E-state index contributed by atoms with van der Waals surface area (Å²) in [6, 6.07) is 2.32. The minimum absolute atomic E-state index is 0.146. The molecule has 10 heteroatoms. The number of nitrogens with zero attached hydrogens (tertiary/aromatic N) is 2. The highest BCUT2D eigenvalue weighted by molar-refractivity contribution is 7.15. The smallest absolute Gasteiger partial charge is 0.252 e. The highest BCUT2D eigenvalue weighted by Gasteiger charge is 2.30. The molecule has 2 amide bonds. The normalized spacial score (nSPS) is 14.2. The maximum Gasteiger partial charge on any atom is 0.252 e. The zero-order chi connectivity index (χ0) is 21.8. The summed E-state index contributed by atoms with van der Waals surface area (Å²) in [5.41, 5.74) is 0.287. The van der Waals surface area contributed by atoms with E-state index in [0.29, 0.717) is 28.3 Å². The molecule has 0 unspecified atom stereocenters. The van der Waals surface area contributed by atoms with Gasteiger partial charge >= 0.3 is 0 Å². The van der Waals surface area contributed by atoms with E-state index in [0.717, 1.165) is 17.8 Å². The number of benzene rings is 1. The summed E-state index contributed by atoms with van der Waals surface area (Å²) >= 11 is 1.38. The van der Waals surface area contributed by atoms with E-state index in [9.17, 15) is 9.59 Å². The van der Waals surface area contributed by atoms with Gasteiger partial charge < -0.3 is 19.5 Å². The Balaban J connectivity index is 1.75. The lowest BCUT2D eigenvalue weighted by atomic mass is 10.0. The lowest BCUT2D eigenvalue weighted by Gasteiger charge is -2.21. The van der Waals surface area contributed by atoms with Crippen LogP contribution in [0.15, 0.2) is 12.1 Å². The van der Waals surface area contributed by atoms with E-state index in [1.165, 1.54) is 32.7 Å².